The summed E-state index contributed by atoms with van der Waals surface area (Å²) < 4.78 is 5.45. The van der Waals surface area contributed by atoms with E-state index >= 15 is 0 Å². The van der Waals surface area contributed by atoms with Gasteiger partial charge in [-0.3, -0.25) is 14.7 Å². The summed E-state index contributed by atoms with van der Waals surface area (Å²) in [5, 5.41) is 16.6. The van der Waals surface area contributed by atoms with Crippen LogP contribution in [0.5, 0.6) is 0 Å². The molecule has 6 heteroatoms. The third-order valence-electron chi connectivity index (χ3n) is 5.31. The number of nitrogens with one attached hydrogen (secondary N) is 2. The highest BCUT2D eigenvalue weighted by molar-refractivity contribution is 5.77. The van der Waals surface area contributed by atoms with Gasteiger partial charge in [0.1, 0.15) is 0 Å². The molecular formula is C21H28N2O4. The summed E-state index contributed by atoms with van der Waals surface area (Å²) in [6.07, 6.45) is -0.123. The van der Waals surface area contributed by atoms with E-state index in [0.29, 0.717) is 17.2 Å². The van der Waals surface area contributed by atoms with E-state index in [1.165, 1.54) is 5.56 Å². The Kier molecular flexibility index (Phi) is 5.04. The molecule has 146 valence electrons. The zero-order valence-corrected chi connectivity index (χ0v) is 16.5. The minimum absolute atomic E-state index is 0.180. The van der Waals surface area contributed by atoms with Gasteiger partial charge in [0.15, 0.2) is 0 Å². The number of carbonyl (C=O) groups excluding carboxylic acids is 1. The summed E-state index contributed by atoms with van der Waals surface area (Å²) >= 11 is 0. The van der Waals surface area contributed by atoms with Gasteiger partial charge in [0.25, 0.3) is 5.56 Å². The van der Waals surface area contributed by atoms with Crippen molar-refractivity contribution in [3.05, 3.63) is 57.0 Å². The Morgan fingerprint density at radius 2 is 1.81 bits per heavy atom. The summed E-state index contributed by atoms with van der Waals surface area (Å²) in [5.74, 6) is -1.55. The molecular weight excluding hydrogens is 344 g/mol. The minimum Gasteiger partial charge on any atom is -0.463 e. The van der Waals surface area contributed by atoms with Crippen LogP contribution in [0.3, 0.4) is 0 Å². The highest BCUT2D eigenvalue weighted by Gasteiger charge is 2.51. The Balaban J connectivity index is 2.15. The number of hydrogen-bond donors (Lipinski definition) is 3. The quantitative estimate of drug-likeness (QED) is 0.719. The van der Waals surface area contributed by atoms with E-state index in [-0.39, 0.29) is 18.1 Å². The second-order valence-electron chi connectivity index (χ2n) is 8.27. The molecule has 0 aliphatic heterocycles. The molecule has 1 aliphatic carbocycles. The Morgan fingerprint density at radius 3 is 2.37 bits per heavy atom. The number of aromatic nitrogens is 2. The Hall–Kier alpha value is -2.34. The lowest BCUT2D eigenvalue weighted by molar-refractivity contribution is -0.163. The minimum atomic E-state index is -1.34. The zero-order valence-electron chi connectivity index (χ0n) is 16.5. The highest BCUT2D eigenvalue weighted by Crippen LogP contribution is 2.44. The maximum absolute atomic E-state index is 12.9. The van der Waals surface area contributed by atoms with Gasteiger partial charge in [0, 0.05) is 23.6 Å². The molecule has 0 saturated carbocycles. The molecule has 1 aromatic carbocycles. The molecule has 1 aromatic heterocycles. The SMILES string of the molecule is CC(C)OC(=O)C1C(c2ccc(C(C)C)cc2)c2c([nH][nH]c2=O)CC1(C)O. The second-order valence-corrected chi connectivity index (χ2v) is 8.27. The number of fused-ring (bicyclic) bond motifs is 1. The van der Waals surface area contributed by atoms with Gasteiger partial charge in [0.2, 0.25) is 0 Å². The van der Waals surface area contributed by atoms with Gasteiger partial charge >= 0.3 is 5.97 Å². The van der Waals surface area contributed by atoms with E-state index in [4.69, 9.17) is 4.74 Å². The molecule has 0 fully saturated rings. The third kappa shape index (κ3) is 3.58. The van der Waals surface area contributed by atoms with E-state index < -0.39 is 23.4 Å². The summed E-state index contributed by atoms with van der Waals surface area (Å²) in [6, 6.07) is 7.89. The predicted octanol–water partition coefficient (Wildman–Crippen LogP) is 2.83. The van der Waals surface area contributed by atoms with Gasteiger partial charge in [-0.05, 0) is 37.8 Å². The molecule has 1 aliphatic rings. The number of aromatic amines is 2. The summed E-state index contributed by atoms with van der Waals surface area (Å²) in [4.78, 5) is 25.4. The average molecular weight is 372 g/mol. The largest absolute Gasteiger partial charge is 0.463 e. The van der Waals surface area contributed by atoms with E-state index in [0.717, 1.165) is 5.56 Å². The lowest BCUT2D eigenvalue weighted by atomic mass is 9.66. The predicted molar refractivity (Wildman–Crippen MR) is 103 cm³/mol. The molecule has 0 spiro atoms. The highest BCUT2D eigenvalue weighted by atomic mass is 16.5. The molecule has 3 N–H and O–H groups in total. The van der Waals surface area contributed by atoms with Crippen molar-refractivity contribution in [3.63, 3.8) is 0 Å². The summed E-state index contributed by atoms with van der Waals surface area (Å²) in [7, 11) is 0. The van der Waals surface area contributed by atoms with Gasteiger partial charge in [-0.1, -0.05) is 38.1 Å². The Morgan fingerprint density at radius 1 is 1.19 bits per heavy atom. The lowest BCUT2D eigenvalue weighted by Gasteiger charge is -2.40. The topological polar surface area (TPSA) is 95.2 Å². The van der Waals surface area contributed by atoms with Crippen LogP contribution >= 0.6 is 0 Å². The lowest BCUT2D eigenvalue weighted by Crippen LogP contribution is -2.50. The van der Waals surface area contributed by atoms with Crippen LogP contribution in [0.15, 0.2) is 29.1 Å². The molecule has 6 nitrogen and oxygen atoms in total. The molecule has 3 unspecified atom stereocenters. The van der Waals surface area contributed by atoms with Crippen molar-refractivity contribution in [2.45, 2.75) is 64.6 Å². The second kappa shape index (κ2) is 7.00. The number of H-pyrrole nitrogens is 2. The van der Waals surface area contributed by atoms with Crippen molar-refractivity contribution < 1.29 is 14.6 Å². The number of rotatable bonds is 4. The van der Waals surface area contributed by atoms with Crippen molar-refractivity contribution >= 4 is 5.97 Å². The Bertz CT molecular complexity index is 874. The third-order valence-corrected chi connectivity index (χ3v) is 5.31. The van der Waals surface area contributed by atoms with Gasteiger partial charge in [-0.2, -0.15) is 0 Å². The molecule has 2 aromatic rings. The first-order valence-corrected chi connectivity index (χ1v) is 9.44. The summed E-state index contributed by atoms with van der Waals surface area (Å²) in [6.45, 7) is 9.40. The fourth-order valence-corrected chi connectivity index (χ4v) is 4.01. The van der Waals surface area contributed by atoms with E-state index in [1.54, 1.807) is 20.8 Å². The van der Waals surface area contributed by atoms with E-state index in [1.807, 2.05) is 24.3 Å². The summed E-state index contributed by atoms with van der Waals surface area (Å²) in [5.41, 5.74) is 1.52. The monoisotopic (exact) mass is 372 g/mol. The number of aliphatic hydroxyl groups is 1. The number of hydrogen-bond acceptors (Lipinski definition) is 4. The van der Waals surface area contributed by atoms with Crippen LogP contribution < -0.4 is 5.56 Å². The number of carbonyl (C=O) groups is 1. The van der Waals surface area contributed by atoms with Crippen LogP contribution in [0.1, 0.15) is 68.8 Å². The van der Waals surface area contributed by atoms with Crippen LogP contribution in [0.4, 0.5) is 0 Å². The first kappa shape index (κ1) is 19.4. The number of ether oxygens (including phenoxy) is 1. The van der Waals surface area contributed by atoms with Crippen molar-refractivity contribution in [2.75, 3.05) is 0 Å². The van der Waals surface area contributed by atoms with Crippen molar-refractivity contribution in [1.29, 1.82) is 0 Å². The Labute approximate surface area is 158 Å². The van der Waals surface area contributed by atoms with E-state index in [9.17, 15) is 14.7 Å². The maximum atomic E-state index is 12.9. The van der Waals surface area contributed by atoms with Gasteiger partial charge in [-0.25, -0.2) is 0 Å². The molecule has 3 atom stereocenters. The fourth-order valence-electron chi connectivity index (χ4n) is 4.01. The standard InChI is InChI=1S/C21H28N2O4/c1-11(2)13-6-8-14(9-7-13)16-17-15(22-23-19(17)24)10-21(5,26)18(16)20(25)27-12(3)4/h6-9,11-12,16,18,26H,10H2,1-5H3,(H2,22,23,24). The maximum Gasteiger partial charge on any atom is 0.313 e. The molecule has 27 heavy (non-hydrogen) atoms. The fraction of sp³-hybridized carbons (Fsp3) is 0.524. The first-order valence-electron chi connectivity index (χ1n) is 9.44. The molecule has 0 radical (unpaired) electrons. The number of esters is 1. The van der Waals surface area contributed by atoms with Crippen LogP contribution in [-0.2, 0) is 16.0 Å². The van der Waals surface area contributed by atoms with Crippen molar-refractivity contribution in [2.24, 2.45) is 5.92 Å². The van der Waals surface area contributed by atoms with Crippen molar-refractivity contribution in [1.82, 2.24) is 10.2 Å². The molecule has 3 rings (SSSR count). The van der Waals surface area contributed by atoms with Crippen molar-refractivity contribution in [3.8, 4) is 0 Å². The zero-order chi connectivity index (χ0) is 19.9. The smallest absolute Gasteiger partial charge is 0.313 e. The molecule has 0 amide bonds. The molecule has 0 bridgehead atoms. The number of benzene rings is 1. The van der Waals surface area contributed by atoms with Crippen LogP contribution in [0.2, 0.25) is 0 Å². The average Bonchev–Trinajstić information content (AvgIpc) is 2.92. The molecule has 0 saturated heterocycles. The normalized spacial score (nSPS) is 24.9. The van der Waals surface area contributed by atoms with E-state index in [2.05, 4.69) is 24.0 Å². The van der Waals surface area contributed by atoms with Crippen LogP contribution in [0, 0.1) is 5.92 Å². The van der Waals surface area contributed by atoms with Crippen LogP contribution in [0.25, 0.3) is 0 Å². The van der Waals surface area contributed by atoms with Gasteiger partial charge in [-0.15, -0.1) is 0 Å². The first-order chi connectivity index (χ1) is 12.6. The molecule has 1 heterocycles. The van der Waals surface area contributed by atoms with Gasteiger partial charge < -0.3 is 14.9 Å². The van der Waals surface area contributed by atoms with Crippen LogP contribution in [-0.4, -0.2) is 33.0 Å². The van der Waals surface area contributed by atoms with Gasteiger partial charge in [0.05, 0.1) is 17.6 Å².